The summed E-state index contributed by atoms with van der Waals surface area (Å²) in [5.41, 5.74) is 4.82. The van der Waals surface area contributed by atoms with Crippen molar-refractivity contribution in [3.05, 3.63) is 59.7 Å². The van der Waals surface area contributed by atoms with E-state index in [-0.39, 0.29) is 5.04 Å². The number of hydrogen-bond donors (Lipinski definition) is 1. The minimum atomic E-state index is -1.69. The van der Waals surface area contributed by atoms with Crippen LogP contribution < -0.4 is 5.32 Å². The Morgan fingerprint density at radius 1 is 0.833 bits per heavy atom. The van der Waals surface area contributed by atoms with Gasteiger partial charge >= 0.3 is 0 Å². The minimum absolute atomic E-state index is 0.249. The van der Waals surface area contributed by atoms with Gasteiger partial charge in [-0.2, -0.15) is 0 Å². The molecule has 0 amide bonds. The van der Waals surface area contributed by atoms with Crippen LogP contribution in [0.4, 0.5) is 11.4 Å². The Morgan fingerprint density at radius 3 is 1.71 bits per heavy atom. The standard InChI is InChI=1S/C21H31NOSi/c1-7-17-8-12-19(13-9-17)22-20-14-10-18(11-15-20)16-23-24(5,6)21(2,3)4/h8-15,22H,7,16H2,1-6H3. The second-order valence-electron chi connectivity index (χ2n) is 7.92. The third kappa shape index (κ3) is 4.95. The number of nitrogens with one attached hydrogen (secondary N) is 1. The SMILES string of the molecule is CCc1ccc(Nc2ccc(CO[Si](C)(C)C(C)(C)C)cc2)cc1. The van der Waals surface area contributed by atoms with Gasteiger partial charge in [-0.25, -0.2) is 0 Å². The van der Waals surface area contributed by atoms with Crippen molar-refractivity contribution in [1.82, 2.24) is 0 Å². The number of benzene rings is 2. The van der Waals surface area contributed by atoms with Crippen molar-refractivity contribution in [2.45, 2.75) is 58.9 Å². The number of rotatable bonds is 6. The Morgan fingerprint density at radius 2 is 1.29 bits per heavy atom. The molecule has 0 spiro atoms. The minimum Gasteiger partial charge on any atom is -0.413 e. The molecule has 2 aromatic carbocycles. The van der Waals surface area contributed by atoms with Crippen LogP contribution in [-0.2, 0) is 17.5 Å². The Labute approximate surface area is 148 Å². The van der Waals surface area contributed by atoms with Gasteiger partial charge in [0.15, 0.2) is 8.32 Å². The molecule has 0 radical (unpaired) electrons. The molecular weight excluding hydrogens is 310 g/mol. The fraction of sp³-hybridized carbons (Fsp3) is 0.429. The van der Waals surface area contributed by atoms with Crippen LogP contribution in [0.3, 0.4) is 0 Å². The van der Waals surface area contributed by atoms with Gasteiger partial charge in [0, 0.05) is 11.4 Å². The topological polar surface area (TPSA) is 21.3 Å². The van der Waals surface area contributed by atoms with Crippen LogP contribution in [0, 0.1) is 0 Å². The molecule has 1 N–H and O–H groups in total. The quantitative estimate of drug-likeness (QED) is 0.604. The van der Waals surface area contributed by atoms with E-state index in [1.54, 1.807) is 0 Å². The maximum Gasteiger partial charge on any atom is 0.192 e. The third-order valence-corrected chi connectivity index (χ3v) is 9.49. The van der Waals surface area contributed by atoms with E-state index in [0.29, 0.717) is 6.61 Å². The second kappa shape index (κ2) is 7.54. The molecule has 0 fully saturated rings. The molecule has 130 valence electrons. The number of hydrogen-bond acceptors (Lipinski definition) is 2. The largest absolute Gasteiger partial charge is 0.413 e. The van der Waals surface area contributed by atoms with Gasteiger partial charge in [0.25, 0.3) is 0 Å². The van der Waals surface area contributed by atoms with Gasteiger partial charge in [-0.05, 0) is 59.9 Å². The van der Waals surface area contributed by atoms with Crippen molar-refractivity contribution in [3.8, 4) is 0 Å². The van der Waals surface area contributed by atoms with Crippen LogP contribution in [0.15, 0.2) is 48.5 Å². The molecule has 0 saturated carbocycles. The predicted octanol–water partition coefficient (Wildman–Crippen LogP) is 6.51. The Kier molecular flexibility index (Phi) is 5.89. The summed E-state index contributed by atoms with van der Waals surface area (Å²) >= 11 is 0. The van der Waals surface area contributed by atoms with Crippen molar-refractivity contribution in [2.75, 3.05) is 5.32 Å². The van der Waals surface area contributed by atoms with E-state index >= 15 is 0 Å². The van der Waals surface area contributed by atoms with Crippen LogP contribution in [0.25, 0.3) is 0 Å². The van der Waals surface area contributed by atoms with Crippen LogP contribution in [0.2, 0.25) is 18.1 Å². The lowest BCUT2D eigenvalue weighted by atomic mass is 10.1. The molecular formula is C21H31NOSi. The molecule has 0 unspecified atom stereocenters. The fourth-order valence-corrected chi connectivity index (χ4v) is 3.12. The average Bonchev–Trinajstić information content (AvgIpc) is 2.54. The molecule has 0 aromatic heterocycles. The first-order chi connectivity index (χ1) is 11.2. The highest BCUT2D eigenvalue weighted by atomic mass is 28.4. The summed E-state index contributed by atoms with van der Waals surface area (Å²) in [6, 6.07) is 17.1. The Bertz CT molecular complexity index is 639. The van der Waals surface area contributed by atoms with Gasteiger partial charge in [0.2, 0.25) is 0 Å². The van der Waals surface area contributed by atoms with Crippen molar-refractivity contribution >= 4 is 19.7 Å². The highest BCUT2D eigenvalue weighted by Gasteiger charge is 2.36. The summed E-state index contributed by atoms with van der Waals surface area (Å²) in [5.74, 6) is 0. The zero-order chi connectivity index (χ0) is 17.8. The second-order valence-corrected chi connectivity index (χ2v) is 12.7. The first kappa shape index (κ1) is 18.8. The lowest BCUT2D eigenvalue weighted by molar-refractivity contribution is 0.276. The van der Waals surface area contributed by atoms with Crippen molar-refractivity contribution < 1.29 is 4.43 Å². The highest BCUT2D eigenvalue weighted by molar-refractivity contribution is 6.74. The normalized spacial score (nSPS) is 12.2. The van der Waals surface area contributed by atoms with E-state index < -0.39 is 8.32 Å². The summed E-state index contributed by atoms with van der Waals surface area (Å²) < 4.78 is 6.28. The zero-order valence-corrected chi connectivity index (χ0v) is 16.9. The molecule has 0 saturated heterocycles. The number of anilines is 2. The first-order valence-electron chi connectivity index (χ1n) is 8.80. The molecule has 2 nitrogen and oxygen atoms in total. The number of aryl methyl sites for hydroxylation is 1. The van der Waals surface area contributed by atoms with Crippen LogP contribution in [0.5, 0.6) is 0 Å². The zero-order valence-electron chi connectivity index (χ0n) is 15.9. The summed E-state index contributed by atoms with van der Waals surface area (Å²) in [6.07, 6.45) is 1.07. The van der Waals surface area contributed by atoms with Crippen LogP contribution >= 0.6 is 0 Å². The van der Waals surface area contributed by atoms with Gasteiger partial charge in [0.05, 0.1) is 6.61 Å². The Hall–Kier alpha value is -1.58. The van der Waals surface area contributed by atoms with E-state index in [9.17, 15) is 0 Å². The maximum absolute atomic E-state index is 6.28. The predicted molar refractivity (Wildman–Crippen MR) is 108 cm³/mol. The van der Waals surface area contributed by atoms with Gasteiger partial charge in [-0.1, -0.05) is 52.0 Å². The molecule has 24 heavy (non-hydrogen) atoms. The van der Waals surface area contributed by atoms with E-state index in [1.165, 1.54) is 11.1 Å². The lowest BCUT2D eigenvalue weighted by Crippen LogP contribution is -2.40. The molecule has 0 aliphatic rings. The Balaban J connectivity index is 1.95. The van der Waals surface area contributed by atoms with Crippen molar-refractivity contribution in [2.24, 2.45) is 0 Å². The molecule has 0 atom stereocenters. The molecule has 0 heterocycles. The highest BCUT2D eigenvalue weighted by Crippen LogP contribution is 2.37. The van der Waals surface area contributed by atoms with Gasteiger partial charge in [-0.3, -0.25) is 0 Å². The third-order valence-electron chi connectivity index (χ3n) is 5.01. The van der Waals surface area contributed by atoms with E-state index in [2.05, 4.69) is 94.6 Å². The molecule has 0 aliphatic heterocycles. The van der Waals surface area contributed by atoms with Gasteiger partial charge in [-0.15, -0.1) is 0 Å². The summed E-state index contributed by atoms with van der Waals surface area (Å²) in [7, 11) is -1.69. The maximum atomic E-state index is 6.28. The van der Waals surface area contributed by atoms with Crippen LogP contribution in [-0.4, -0.2) is 8.32 Å². The fourth-order valence-electron chi connectivity index (χ4n) is 2.16. The van der Waals surface area contributed by atoms with Gasteiger partial charge < -0.3 is 9.74 Å². The van der Waals surface area contributed by atoms with Gasteiger partial charge in [0.1, 0.15) is 0 Å². The van der Waals surface area contributed by atoms with Crippen LogP contribution in [0.1, 0.15) is 38.8 Å². The monoisotopic (exact) mass is 341 g/mol. The summed E-state index contributed by atoms with van der Waals surface area (Å²) in [5, 5.41) is 3.70. The first-order valence-corrected chi connectivity index (χ1v) is 11.7. The van der Waals surface area contributed by atoms with E-state index in [0.717, 1.165) is 17.8 Å². The average molecular weight is 342 g/mol. The smallest absolute Gasteiger partial charge is 0.192 e. The molecule has 2 rings (SSSR count). The van der Waals surface area contributed by atoms with E-state index in [4.69, 9.17) is 4.43 Å². The molecule has 0 aliphatic carbocycles. The van der Waals surface area contributed by atoms with Crippen molar-refractivity contribution in [1.29, 1.82) is 0 Å². The lowest BCUT2D eigenvalue weighted by Gasteiger charge is -2.36. The molecule has 2 aromatic rings. The molecule has 3 heteroatoms. The summed E-state index contributed by atoms with van der Waals surface area (Å²) in [6.45, 7) is 14.3. The summed E-state index contributed by atoms with van der Waals surface area (Å²) in [4.78, 5) is 0. The molecule has 0 bridgehead atoms. The van der Waals surface area contributed by atoms with E-state index in [1.807, 2.05) is 0 Å². The van der Waals surface area contributed by atoms with Crippen molar-refractivity contribution in [3.63, 3.8) is 0 Å².